The molecule has 140 valence electrons. The molecule has 0 spiro atoms. The number of rotatable bonds is 6. The summed E-state index contributed by atoms with van der Waals surface area (Å²) in [6.45, 7) is 6.05. The van der Waals surface area contributed by atoms with Gasteiger partial charge in [0.2, 0.25) is 5.09 Å². The summed E-state index contributed by atoms with van der Waals surface area (Å²) >= 11 is 0. The van der Waals surface area contributed by atoms with E-state index < -0.39 is 21.1 Å². The molecule has 2 aromatic rings. The maximum atomic E-state index is 11.7. The number of carbonyl (C=O) groups is 1. The van der Waals surface area contributed by atoms with Crippen LogP contribution in [0.5, 0.6) is 5.75 Å². The highest BCUT2D eigenvalue weighted by Crippen LogP contribution is 2.24. The first-order chi connectivity index (χ1) is 12.1. The van der Waals surface area contributed by atoms with Gasteiger partial charge in [-0.05, 0) is 35.2 Å². The van der Waals surface area contributed by atoms with Gasteiger partial charge in [0.25, 0.3) is 5.91 Å². The van der Waals surface area contributed by atoms with Gasteiger partial charge in [-0.2, -0.15) is 5.10 Å². The number of furan rings is 1. The molecule has 1 aromatic carbocycles. The molecule has 0 atom stereocenters. The number of nitrogens with one attached hydrogen (secondary N) is 1. The lowest BCUT2D eigenvalue weighted by Gasteiger charge is -2.19. The Kier molecular flexibility index (Phi) is 5.83. The topological polar surface area (TPSA) is 121 Å². The fraction of sp³-hybridized carbons (Fsp3) is 0.294. The number of carbonyl (C=O) groups excluding carboxylic acids is 1. The Labute approximate surface area is 151 Å². The van der Waals surface area contributed by atoms with Gasteiger partial charge >= 0.3 is 0 Å². The van der Waals surface area contributed by atoms with E-state index in [9.17, 15) is 17.8 Å². The second-order valence-electron chi connectivity index (χ2n) is 6.47. The third-order valence-electron chi connectivity index (χ3n) is 3.32. The lowest BCUT2D eigenvalue weighted by molar-refractivity contribution is -0.123. The van der Waals surface area contributed by atoms with Gasteiger partial charge in [0.05, 0.1) is 6.21 Å². The van der Waals surface area contributed by atoms with Gasteiger partial charge in [0, 0.05) is 0 Å². The van der Waals surface area contributed by atoms with Crippen molar-refractivity contribution in [1.29, 1.82) is 0 Å². The Morgan fingerprint density at radius 2 is 1.88 bits per heavy atom. The molecule has 9 heteroatoms. The summed E-state index contributed by atoms with van der Waals surface area (Å²) in [7, 11) is -4.66. The standard InChI is InChI=1S/C17H20N2O6S/c1-17(2,3)12-4-6-13(7-5-12)24-11-15(20)19-18-10-14-8-9-16(25-14)26(21,22)23/h4-10H,11H2,1-3H3,(H,19,20)(H,21,22,23)/p-1/b18-10+. The van der Waals surface area contributed by atoms with E-state index in [0.29, 0.717) is 5.75 Å². The molecule has 1 amide bonds. The molecule has 0 fully saturated rings. The smallest absolute Gasteiger partial charge is 0.277 e. The fourth-order valence-electron chi connectivity index (χ4n) is 1.94. The van der Waals surface area contributed by atoms with Crippen molar-refractivity contribution in [1.82, 2.24) is 5.43 Å². The van der Waals surface area contributed by atoms with E-state index in [1.54, 1.807) is 12.1 Å². The van der Waals surface area contributed by atoms with Gasteiger partial charge in [-0.1, -0.05) is 32.9 Å². The van der Waals surface area contributed by atoms with Crippen LogP contribution in [-0.2, 0) is 20.3 Å². The highest BCUT2D eigenvalue weighted by Gasteiger charge is 2.13. The third-order valence-corrected chi connectivity index (χ3v) is 4.03. The first-order valence-electron chi connectivity index (χ1n) is 7.67. The van der Waals surface area contributed by atoms with Crippen LogP contribution < -0.4 is 10.2 Å². The van der Waals surface area contributed by atoms with Gasteiger partial charge in [0.15, 0.2) is 16.7 Å². The zero-order valence-electron chi connectivity index (χ0n) is 14.6. The van der Waals surface area contributed by atoms with E-state index in [1.165, 1.54) is 6.07 Å². The Balaban J connectivity index is 1.83. The lowest BCUT2D eigenvalue weighted by Crippen LogP contribution is -2.24. The van der Waals surface area contributed by atoms with Crippen LogP contribution in [0, 0.1) is 0 Å². The fourth-order valence-corrected chi connectivity index (χ4v) is 2.37. The van der Waals surface area contributed by atoms with Crippen molar-refractivity contribution >= 4 is 22.2 Å². The van der Waals surface area contributed by atoms with Crippen LogP contribution >= 0.6 is 0 Å². The molecule has 1 heterocycles. The van der Waals surface area contributed by atoms with Gasteiger partial charge < -0.3 is 13.7 Å². The molecule has 8 nitrogen and oxygen atoms in total. The SMILES string of the molecule is CC(C)(C)c1ccc(OCC(=O)N/N=C/c2ccc(S(=O)(=O)[O-])o2)cc1. The Hall–Kier alpha value is -2.65. The van der Waals surface area contributed by atoms with Crippen LogP contribution in [0.4, 0.5) is 0 Å². The number of hydrogen-bond acceptors (Lipinski definition) is 7. The van der Waals surface area contributed by atoms with Crippen molar-refractivity contribution in [3.05, 3.63) is 47.7 Å². The van der Waals surface area contributed by atoms with E-state index in [2.05, 4.69) is 31.3 Å². The van der Waals surface area contributed by atoms with Crippen molar-refractivity contribution < 1.29 is 26.9 Å². The lowest BCUT2D eigenvalue weighted by atomic mass is 9.87. The quantitative estimate of drug-likeness (QED) is 0.465. The average Bonchev–Trinajstić information content (AvgIpc) is 3.02. The number of nitrogens with zero attached hydrogens (tertiary/aromatic N) is 1. The van der Waals surface area contributed by atoms with Gasteiger partial charge in [-0.25, -0.2) is 13.8 Å². The van der Waals surface area contributed by atoms with E-state index in [0.717, 1.165) is 17.8 Å². The monoisotopic (exact) mass is 379 g/mol. The van der Waals surface area contributed by atoms with Crippen LogP contribution in [0.25, 0.3) is 0 Å². The molecule has 0 aliphatic rings. The molecule has 0 aliphatic carbocycles. The van der Waals surface area contributed by atoms with Gasteiger partial charge in [-0.3, -0.25) is 4.79 Å². The second-order valence-corrected chi connectivity index (χ2v) is 7.78. The summed E-state index contributed by atoms with van der Waals surface area (Å²) in [5, 5.41) is 2.89. The van der Waals surface area contributed by atoms with E-state index in [1.807, 2.05) is 12.1 Å². The van der Waals surface area contributed by atoms with Crippen LogP contribution in [0.1, 0.15) is 32.1 Å². The molecule has 0 aliphatic heterocycles. The second kappa shape index (κ2) is 7.71. The van der Waals surface area contributed by atoms with Crippen molar-refractivity contribution in [2.45, 2.75) is 31.3 Å². The zero-order valence-corrected chi connectivity index (χ0v) is 15.4. The summed E-state index contributed by atoms with van der Waals surface area (Å²) in [4.78, 5) is 11.7. The minimum absolute atomic E-state index is 0.0124. The highest BCUT2D eigenvalue weighted by atomic mass is 32.2. The van der Waals surface area contributed by atoms with Crippen LogP contribution in [0.3, 0.4) is 0 Å². The Morgan fingerprint density at radius 3 is 2.42 bits per heavy atom. The predicted octanol–water partition coefficient (Wildman–Crippen LogP) is 2.01. The molecule has 2 rings (SSSR count). The van der Waals surface area contributed by atoms with Crippen LogP contribution in [-0.4, -0.2) is 31.7 Å². The summed E-state index contributed by atoms with van der Waals surface area (Å²) < 4.78 is 42.4. The number of ether oxygens (including phenoxy) is 1. The number of benzene rings is 1. The number of amides is 1. The van der Waals surface area contributed by atoms with Crippen LogP contribution in [0.15, 0.2) is 51.0 Å². The Morgan fingerprint density at radius 1 is 1.23 bits per heavy atom. The molecule has 0 radical (unpaired) electrons. The normalized spacial score (nSPS) is 12.3. The summed E-state index contributed by atoms with van der Waals surface area (Å²) in [6, 6.07) is 9.69. The average molecular weight is 379 g/mol. The Bertz CT molecular complexity index is 892. The summed E-state index contributed by atoms with van der Waals surface area (Å²) in [6.07, 6.45) is 1.07. The predicted molar refractivity (Wildman–Crippen MR) is 93.0 cm³/mol. The van der Waals surface area contributed by atoms with Crippen molar-refractivity contribution in [2.75, 3.05) is 6.61 Å². The highest BCUT2D eigenvalue weighted by molar-refractivity contribution is 7.85. The van der Waals surface area contributed by atoms with Crippen molar-refractivity contribution in [3.8, 4) is 5.75 Å². The van der Waals surface area contributed by atoms with E-state index >= 15 is 0 Å². The largest absolute Gasteiger partial charge is 0.742 e. The number of hydrogen-bond donors (Lipinski definition) is 1. The van der Waals surface area contributed by atoms with Crippen molar-refractivity contribution in [3.63, 3.8) is 0 Å². The third kappa shape index (κ3) is 5.71. The van der Waals surface area contributed by atoms with E-state index in [4.69, 9.17) is 9.15 Å². The molecule has 1 N–H and O–H groups in total. The number of hydrazone groups is 1. The maximum absolute atomic E-state index is 11.7. The minimum atomic E-state index is -4.66. The van der Waals surface area contributed by atoms with Gasteiger partial charge in [0.1, 0.15) is 11.5 Å². The van der Waals surface area contributed by atoms with Gasteiger partial charge in [-0.15, -0.1) is 0 Å². The molecule has 0 unspecified atom stereocenters. The molecule has 26 heavy (non-hydrogen) atoms. The maximum Gasteiger partial charge on any atom is 0.277 e. The summed E-state index contributed by atoms with van der Waals surface area (Å²) in [5.74, 6) is 0.0521. The molecule has 1 aromatic heterocycles. The minimum Gasteiger partial charge on any atom is -0.742 e. The first kappa shape index (κ1) is 19.7. The van der Waals surface area contributed by atoms with Crippen molar-refractivity contribution in [2.24, 2.45) is 5.10 Å². The molecule has 0 saturated heterocycles. The molecule has 0 saturated carbocycles. The zero-order chi connectivity index (χ0) is 19.4. The first-order valence-corrected chi connectivity index (χ1v) is 9.07. The molecular formula is C17H19N2O6S-. The molecular weight excluding hydrogens is 360 g/mol. The summed E-state index contributed by atoms with van der Waals surface area (Å²) in [5.41, 5.74) is 3.38. The van der Waals surface area contributed by atoms with E-state index in [-0.39, 0.29) is 17.8 Å². The molecule has 0 bridgehead atoms. The van der Waals surface area contributed by atoms with Crippen LogP contribution in [0.2, 0.25) is 0 Å².